The lowest BCUT2D eigenvalue weighted by molar-refractivity contribution is -0.112. The van der Waals surface area contributed by atoms with Gasteiger partial charge in [-0.1, -0.05) is 25.0 Å². The van der Waals surface area contributed by atoms with E-state index >= 15 is 0 Å². The van der Waals surface area contributed by atoms with Crippen LogP contribution < -0.4 is 4.90 Å². The summed E-state index contributed by atoms with van der Waals surface area (Å²) in [6.07, 6.45) is 3.49. The molecule has 2 unspecified atom stereocenters. The Hall–Kier alpha value is -1.10. The Bertz CT molecular complexity index is 493. The molecule has 22 heavy (non-hydrogen) atoms. The van der Waals surface area contributed by atoms with E-state index in [1.807, 2.05) is 12.1 Å². The Morgan fingerprint density at radius 2 is 1.91 bits per heavy atom. The van der Waals surface area contributed by atoms with Crippen molar-refractivity contribution < 1.29 is 14.9 Å². The third-order valence-corrected chi connectivity index (χ3v) is 5.30. The highest BCUT2D eigenvalue weighted by Crippen LogP contribution is 2.43. The van der Waals surface area contributed by atoms with Crippen molar-refractivity contribution in [2.75, 3.05) is 31.2 Å². The van der Waals surface area contributed by atoms with Gasteiger partial charge in [-0.2, -0.15) is 0 Å². The van der Waals surface area contributed by atoms with Gasteiger partial charge in [-0.05, 0) is 43.4 Å². The highest BCUT2D eigenvalue weighted by Gasteiger charge is 2.44. The average molecular weight is 305 g/mol. The van der Waals surface area contributed by atoms with Gasteiger partial charge in [0.15, 0.2) is 0 Å². The van der Waals surface area contributed by atoms with Gasteiger partial charge in [0, 0.05) is 18.8 Å². The fourth-order valence-corrected chi connectivity index (χ4v) is 3.96. The molecule has 2 aliphatic rings. The predicted octanol–water partition coefficient (Wildman–Crippen LogP) is 2.28. The van der Waals surface area contributed by atoms with E-state index in [1.165, 1.54) is 0 Å². The summed E-state index contributed by atoms with van der Waals surface area (Å²) in [5, 5.41) is 21.6. The minimum Gasteiger partial charge on any atom is -0.390 e. The number of hydrogen-bond donors (Lipinski definition) is 2. The van der Waals surface area contributed by atoms with Crippen molar-refractivity contribution in [3.63, 3.8) is 0 Å². The van der Waals surface area contributed by atoms with Crippen LogP contribution in [0.4, 0.5) is 5.69 Å². The Balaban J connectivity index is 1.91. The number of ether oxygens (including phenoxy) is 1. The molecule has 1 aliphatic carbocycles. The van der Waals surface area contributed by atoms with Crippen LogP contribution in [-0.4, -0.2) is 42.6 Å². The van der Waals surface area contributed by atoms with Crippen molar-refractivity contribution in [2.45, 2.75) is 44.3 Å². The number of aliphatic hydroxyl groups excluding tert-OH is 1. The first kappa shape index (κ1) is 15.8. The summed E-state index contributed by atoms with van der Waals surface area (Å²) >= 11 is 0. The van der Waals surface area contributed by atoms with E-state index in [0.29, 0.717) is 0 Å². The van der Waals surface area contributed by atoms with Crippen molar-refractivity contribution in [3.05, 3.63) is 29.8 Å². The van der Waals surface area contributed by atoms with Gasteiger partial charge in [0.25, 0.3) is 0 Å². The molecule has 1 aliphatic heterocycles. The lowest BCUT2D eigenvalue weighted by Gasteiger charge is -2.38. The molecule has 2 atom stereocenters. The number of hydrogen-bond acceptors (Lipinski definition) is 4. The smallest absolute Gasteiger partial charge is 0.118 e. The van der Waals surface area contributed by atoms with Gasteiger partial charge >= 0.3 is 0 Å². The van der Waals surface area contributed by atoms with Gasteiger partial charge in [-0.15, -0.1) is 0 Å². The standard InChI is InChI=1S/C18H27NO3/c1-14(20)18(21,15-5-2-3-6-15)16-7-4-8-17(13-16)19-9-11-22-12-10-19/h4,7-8,13-15,20-21H,2-3,5-6,9-12H2,1H3. The first-order chi connectivity index (χ1) is 10.6. The van der Waals surface area contributed by atoms with Crippen molar-refractivity contribution in [1.29, 1.82) is 0 Å². The number of nitrogens with zero attached hydrogens (tertiary/aromatic N) is 1. The van der Waals surface area contributed by atoms with E-state index in [4.69, 9.17) is 4.74 Å². The second-order valence-corrected chi connectivity index (χ2v) is 6.63. The molecule has 4 nitrogen and oxygen atoms in total. The lowest BCUT2D eigenvalue weighted by Crippen LogP contribution is -2.44. The number of benzene rings is 1. The molecule has 0 spiro atoms. The third kappa shape index (κ3) is 2.87. The van der Waals surface area contributed by atoms with E-state index in [-0.39, 0.29) is 5.92 Å². The Labute approximate surface area is 132 Å². The zero-order valence-electron chi connectivity index (χ0n) is 13.4. The molecule has 1 aromatic rings. The van der Waals surface area contributed by atoms with Gasteiger partial charge in [0.2, 0.25) is 0 Å². The minimum atomic E-state index is -1.14. The van der Waals surface area contributed by atoms with Crippen LogP contribution in [-0.2, 0) is 10.3 Å². The predicted molar refractivity (Wildman–Crippen MR) is 87.0 cm³/mol. The monoisotopic (exact) mass is 305 g/mol. The van der Waals surface area contributed by atoms with E-state index < -0.39 is 11.7 Å². The summed E-state index contributed by atoms with van der Waals surface area (Å²) < 4.78 is 5.41. The quantitative estimate of drug-likeness (QED) is 0.896. The molecule has 1 heterocycles. The molecule has 1 saturated carbocycles. The third-order valence-electron chi connectivity index (χ3n) is 5.30. The van der Waals surface area contributed by atoms with Crippen LogP contribution in [0.2, 0.25) is 0 Å². The fraction of sp³-hybridized carbons (Fsp3) is 0.667. The van der Waals surface area contributed by atoms with Crippen molar-refractivity contribution in [3.8, 4) is 0 Å². The second-order valence-electron chi connectivity index (χ2n) is 6.63. The maximum Gasteiger partial charge on any atom is 0.118 e. The van der Waals surface area contributed by atoms with E-state index in [0.717, 1.165) is 63.2 Å². The number of aliphatic hydroxyl groups is 2. The van der Waals surface area contributed by atoms with Crippen LogP contribution >= 0.6 is 0 Å². The molecule has 4 heteroatoms. The lowest BCUT2D eigenvalue weighted by atomic mass is 9.76. The largest absolute Gasteiger partial charge is 0.390 e. The van der Waals surface area contributed by atoms with Crippen molar-refractivity contribution in [2.24, 2.45) is 5.92 Å². The summed E-state index contributed by atoms with van der Waals surface area (Å²) in [6.45, 7) is 4.95. The van der Waals surface area contributed by atoms with Crippen LogP contribution in [0.15, 0.2) is 24.3 Å². The maximum absolute atomic E-state index is 11.3. The molecule has 0 bridgehead atoms. The van der Waals surface area contributed by atoms with Gasteiger partial charge in [-0.25, -0.2) is 0 Å². The number of rotatable bonds is 4. The maximum atomic E-state index is 11.3. The summed E-state index contributed by atoms with van der Waals surface area (Å²) in [6, 6.07) is 8.07. The van der Waals surface area contributed by atoms with E-state index in [9.17, 15) is 10.2 Å². The van der Waals surface area contributed by atoms with Crippen LogP contribution in [0.25, 0.3) is 0 Å². The summed E-state index contributed by atoms with van der Waals surface area (Å²) in [5.74, 6) is 0.146. The molecular weight excluding hydrogens is 278 g/mol. The van der Waals surface area contributed by atoms with Gasteiger partial charge in [0.05, 0.1) is 19.3 Å². The second kappa shape index (κ2) is 6.57. The van der Waals surface area contributed by atoms with Crippen LogP contribution in [0, 0.1) is 5.92 Å². The normalized spacial score (nSPS) is 24.2. The van der Waals surface area contributed by atoms with Crippen molar-refractivity contribution in [1.82, 2.24) is 0 Å². The van der Waals surface area contributed by atoms with Gasteiger partial charge in [0.1, 0.15) is 5.60 Å². The average Bonchev–Trinajstić information content (AvgIpc) is 3.10. The van der Waals surface area contributed by atoms with Crippen LogP contribution in [0.1, 0.15) is 38.2 Å². The minimum absolute atomic E-state index is 0.146. The zero-order valence-corrected chi connectivity index (χ0v) is 13.4. The van der Waals surface area contributed by atoms with Gasteiger partial charge < -0.3 is 19.8 Å². The Kier molecular flexibility index (Phi) is 4.71. The van der Waals surface area contributed by atoms with Gasteiger partial charge in [-0.3, -0.25) is 0 Å². The molecule has 122 valence electrons. The first-order valence-electron chi connectivity index (χ1n) is 8.46. The Morgan fingerprint density at radius 1 is 1.23 bits per heavy atom. The molecule has 1 aromatic carbocycles. The summed E-state index contributed by atoms with van der Waals surface area (Å²) in [5.41, 5.74) is 0.815. The van der Waals surface area contributed by atoms with E-state index in [1.54, 1.807) is 6.92 Å². The van der Waals surface area contributed by atoms with Crippen LogP contribution in [0.3, 0.4) is 0 Å². The highest BCUT2D eigenvalue weighted by atomic mass is 16.5. The molecule has 0 aromatic heterocycles. The molecule has 3 rings (SSSR count). The topological polar surface area (TPSA) is 52.9 Å². The summed E-state index contributed by atoms with van der Waals surface area (Å²) in [4.78, 5) is 2.28. The SMILES string of the molecule is CC(O)C(O)(c1cccc(N2CCOCC2)c1)C1CCCC1. The molecular formula is C18H27NO3. The fourth-order valence-electron chi connectivity index (χ4n) is 3.96. The first-order valence-corrected chi connectivity index (χ1v) is 8.46. The number of morpholine rings is 1. The highest BCUT2D eigenvalue weighted by molar-refractivity contribution is 5.50. The van der Waals surface area contributed by atoms with Crippen LogP contribution in [0.5, 0.6) is 0 Å². The molecule has 0 amide bonds. The molecule has 0 radical (unpaired) electrons. The zero-order chi connectivity index (χ0) is 15.6. The molecule has 2 N–H and O–H groups in total. The molecule has 2 fully saturated rings. The number of anilines is 1. The van der Waals surface area contributed by atoms with E-state index in [2.05, 4.69) is 17.0 Å². The molecule has 1 saturated heterocycles. The Morgan fingerprint density at radius 3 is 2.55 bits per heavy atom. The summed E-state index contributed by atoms with van der Waals surface area (Å²) in [7, 11) is 0. The van der Waals surface area contributed by atoms with Crippen molar-refractivity contribution >= 4 is 5.69 Å².